The molecule has 3 atom stereocenters. The third kappa shape index (κ3) is 2.51. The van der Waals surface area contributed by atoms with Gasteiger partial charge in [0.15, 0.2) is 0 Å². The summed E-state index contributed by atoms with van der Waals surface area (Å²) >= 11 is 0. The molecule has 0 bridgehead atoms. The van der Waals surface area contributed by atoms with E-state index in [1.807, 2.05) is 30.3 Å². The van der Waals surface area contributed by atoms with E-state index in [2.05, 4.69) is 31.2 Å². The lowest BCUT2D eigenvalue weighted by molar-refractivity contribution is 0.220. The Bertz CT molecular complexity index is 542. The zero-order valence-corrected chi connectivity index (χ0v) is 12.0. The van der Waals surface area contributed by atoms with Crippen molar-refractivity contribution in [2.75, 3.05) is 0 Å². The lowest BCUT2D eigenvalue weighted by Gasteiger charge is -2.36. The van der Waals surface area contributed by atoms with Gasteiger partial charge in [0.25, 0.3) is 0 Å². The number of benzene rings is 2. The average molecular weight is 266 g/mol. The number of hydrogen-bond acceptors (Lipinski definition) is 1. The van der Waals surface area contributed by atoms with Crippen molar-refractivity contribution in [1.29, 1.82) is 0 Å². The van der Waals surface area contributed by atoms with Crippen LogP contribution in [-0.4, -0.2) is 5.11 Å². The predicted molar refractivity (Wildman–Crippen MR) is 82.7 cm³/mol. The van der Waals surface area contributed by atoms with Crippen molar-refractivity contribution in [3.8, 4) is 0 Å². The second-order valence-corrected chi connectivity index (χ2v) is 5.83. The SMILES string of the molecule is CCC1CCC1c1ccc(C(O)c2ccccc2)cc1. The van der Waals surface area contributed by atoms with Crippen molar-refractivity contribution < 1.29 is 5.11 Å². The quantitative estimate of drug-likeness (QED) is 0.852. The van der Waals surface area contributed by atoms with E-state index >= 15 is 0 Å². The van der Waals surface area contributed by atoms with Crippen LogP contribution in [0, 0.1) is 5.92 Å². The molecule has 1 saturated carbocycles. The molecule has 2 aromatic rings. The minimum Gasteiger partial charge on any atom is -0.384 e. The highest BCUT2D eigenvalue weighted by molar-refractivity contribution is 5.33. The maximum Gasteiger partial charge on any atom is 0.104 e. The van der Waals surface area contributed by atoms with Gasteiger partial charge in [-0.2, -0.15) is 0 Å². The zero-order valence-electron chi connectivity index (χ0n) is 12.0. The van der Waals surface area contributed by atoms with E-state index in [1.165, 1.54) is 24.8 Å². The number of rotatable bonds is 4. The van der Waals surface area contributed by atoms with Gasteiger partial charge in [0, 0.05) is 0 Å². The minimum absolute atomic E-state index is 0.520. The topological polar surface area (TPSA) is 20.2 Å². The van der Waals surface area contributed by atoms with E-state index in [4.69, 9.17) is 0 Å². The Labute approximate surface area is 121 Å². The van der Waals surface area contributed by atoms with Crippen LogP contribution in [0.15, 0.2) is 54.6 Å². The lowest BCUT2D eigenvalue weighted by Crippen LogP contribution is -2.22. The fourth-order valence-electron chi connectivity index (χ4n) is 3.25. The van der Waals surface area contributed by atoms with Crippen LogP contribution >= 0.6 is 0 Å². The van der Waals surface area contributed by atoms with Gasteiger partial charge in [-0.05, 0) is 41.4 Å². The summed E-state index contributed by atoms with van der Waals surface area (Å²) in [7, 11) is 0. The van der Waals surface area contributed by atoms with Crippen molar-refractivity contribution in [3.05, 3.63) is 71.3 Å². The van der Waals surface area contributed by atoms with Crippen LogP contribution in [0.25, 0.3) is 0 Å². The molecule has 3 rings (SSSR count). The monoisotopic (exact) mass is 266 g/mol. The molecule has 1 aliphatic rings. The van der Waals surface area contributed by atoms with Gasteiger partial charge in [0.1, 0.15) is 6.10 Å². The molecule has 0 aliphatic heterocycles. The van der Waals surface area contributed by atoms with Crippen LogP contribution in [0.4, 0.5) is 0 Å². The van der Waals surface area contributed by atoms with Crippen LogP contribution in [0.3, 0.4) is 0 Å². The second kappa shape index (κ2) is 5.80. The fraction of sp³-hybridized carbons (Fsp3) is 0.368. The molecule has 0 amide bonds. The number of hydrogen-bond donors (Lipinski definition) is 1. The van der Waals surface area contributed by atoms with E-state index in [0.29, 0.717) is 0 Å². The molecule has 0 spiro atoms. The molecule has 20 heavy (non-hydrogen) atoms. The van der Waals surface area contributed by atoms with Gasteiger partial charge < -0.3 is 5.11 Å². The predicted octanol–water partition coefficient (Wildman–Crippen LogP) is 4.67. The molecule has 0 radical (unpaired) electrons. The van der Waals surface area contributed by atoms with E-state index in [-0.39, 0.29) is 0 Å². The summed E-state index contributed by atoms with van der Waals surface area (Å²) in [5.41, 5.74) is 3.37. The van der Waals surface area contributed by atoms with Crippen LogP contribution in [0.2, 0.25) is 0 Å². The Balaban J connectivity index is 1.76. The first-order valence-electron chi connectivity index (χ1n) is 7.62. The van der Waals surface area contributed by atoms with Crippen LogP contribution in [0.1, 0.15) is 54.9 Å². The summed E-state index contributed by atoms with van der Waals surface area (Å²) in [6, 6.07) is 18.4. The number of aliphatic hydroxyl groups is 1. The van der Waals surface area contributed by atoms with E-state index in [0.717, 1.165) is 23.0 Å². The number of aliphatic hydroxyl groups excluding tert-OH is 1. The van der Waals surface area contributed by atoms with E-state index < -0.39 is 6.10 Å². The summed E-state index contributed by atoms with van der Waals surface area (Å²) in [6.45, 7) is 2.28. The van der Waals surface area contributed by atoms with Crippen molar-refractivity contribution in [1.82, 2.24) is 0 Å². The molecule has 1 fully saturated rings. The van der Waals surface area contributed by atoms with Gasteiger partial charge in [-0.1, -0.05) is 67.9 Å². The third-order valence-corrected chi connectivity index (χ3v) is 4.74. The standard InChI is InChI=1S/C19H22O/c1-2-14-12-13-18(14)15-8-10-17(11-9-15)19(20)16-6-4-3-5-7-16/h3-11,14,18-20H,2,12-13H2,1H3. The second-order valence-electron chi connectivity index (χ2n) is 5.83. The van der Waals surface area contributed by atoms with Gasteiger partial charge in [-0.25, -0.2) is 0 Å². The van der Waals surface area contributed by atoms with Gasteiger partial charge in [-0.15, -0.1) is 0 Å². The molecule has 1 nitrogen and oxygen atoms in total. The molecule has 104 valence electrons. The van der Waals surface area contributed by atoms with Crippen LogP contribution in [0.5, 0.6) is 0 Å². The molecule has 0 saturated heterocycles. The van der Waals surface area contributed by atoms with Gasteiger partial charge in [0.2, 0.25) is 0 Å². The van der Waals surface area contributed by atoms with Crippen LogP contribution < -0.4 is 0 Å². The molecular formula is C19H22O. The summed E-state index contributed by atoms with van der Waals surface area (Å²) in [6.07, 6.45) is 3.45. The molecule has 0 heterocycles. The summed E-state index contributed by atoms with van der Waals surface area (Å²) in [5.74, 6) is 1.60. The van der Waals surface area contributed by atoms with Crippen molar-refractivity contribution in [3.63, 3.8) is 0 Å². The van der Waals surface area contributed by atoms with Crippen LogP contribution in [-0.2, 0) is 0 Å². The van der Waals surface area contributed by atoms with Gasteiger partial charge >= 0.3 is 0 Å². The Hall–Kier alpha value is -1.60. The highest BCUT2D eigenvalue weighted by atomic mass is 16.3. The smallest absolute Gasteiger partial charge is 0.104 e. The highest BCUT2D eigenvalue weighted by Crippen LogP contribution is 2.44. The Morgan fingerprint density at radius 2 is 1.60 bits per heavy atom. The first-order valence-corrected chi connectivity index (χ1v) is 7.62. The minimum atomic E-state index is -0.520. The van der Waals surface area contributed by atoms with E-state index in [1.54, 1.807) is 0 Å². The maximum atomic E-state index is 10.4. The Morgan fingerprint density at radius 1 is 0.950 bits per heavy atom. The molecule has 0 aromatic heterocycles. The highest BCUT2D eigenvalue weighted by Gasteiger charge is 2.30. The first kappa shape index (κ1) is 13.4. The molecule has 2 aromatic carbocycles. The largest absolute Gasteiger partial charge is 0.384 e. The lowest BCUT2D eigenvalue weighted by atomic mass is 9.69. The fourth-order valence-corrected chi connectivity index (χ4v) is 3.25. The normalized spacial score (nSPS) is 23.1. The average Bonchev–Trinajstić information content (AvgIpc) is 2.48. The molecule has 1 N–H and O–H groups in total. The van der Waals surface area contributed by atoms with Gasteiger partial charge in [-0.3, -0.25) is 0 Å². The summed E-state index contributed by atoms with van der Waals surface area (Å²) in [5, 5.41) is 10.4. The first-order chi connectivity index (χ1) is 9.79. The Morgan fingerprint density at radius 3 is 2.15 bits per heavy atom. The van der Waals surface area contributed by atoms with Crippen molar-refractivity contribution in [2.24, 2.45) is 5.92 Å². The third-order valence-electron chi connectivity index (χ3n) is 4.74. The zero-order chi connectivity index (χ0) is 13.9. The molecule has 1 aliphatic carbocycles. The molecule has 1 heteroatoms. The van der Waals surface area contributed by atoms with Crippen molar-refractivity contribution >= 4 is 0 Å². The Kier molecular flexibility index (Phi) is 3.88. The van der Waals surface area contributed by atoms with Gasteiger partial charge in [0.05, 0.1) is 0 Å². The summed E-state index contributed by atoms with van der Waals surface area (Å²) in [4.78, 5) is 0. The summed E-state index contributed by atoms with van der Waals surface area (Å²) < 4.78 is 0. The maximum absolute atomic E-state index is 10.4. The van der Waals surface area contributed by atoms with E-state index in [9.17, 15) is 5.11 Å². The molecule has 3 unspecified atom stereocenters. The molecular weight excluding hydrogens is 244 g/mol. The van der Waals surface area contributed by atoms with Crippen molar-refractivity contribution in [2.45, 2.75) is 38.2 Å².